The van der Waals surface area contributed by atoms with Gasteiger partial charge in [0.25, 0.3) is 0 Å². The van der Waals surface area contributed by atoms with E-state index >= 15 is 0 Å². The Kier molecular flexibility index (Phi) is 22.3. The number of hydrogen-bond acceptors (Lipinski definition) is 0. The van der Waals surface area contributed by atoms with Crippen molar-refractivity contribution < 1.29 is 0 Å². The molecule has 0 aliphatic heterocycles. The Morgan fingerprint density at radius 1 is 0.333 bits per heavy atom. The average Bonchev–Trinajstić information content (AvgIpc) is 2.99. The SMILES string of the molecule is CC(C)(C)C1CCCCC1.CC(C)(C)C1CCCCC1.CC(C)(C)CC1CCCCC1.CC1CCCCC1.CC1CCCCC1. The van der Waals surface area contributed by atoms with Crippen LogP contribution in [0.4, 0.5) is 0 Å². The van der Waals surface area contributed by atoms with E-state index in [0.717, 1.165) is 29.6 Å². The summed E-state index contributed by atoms with van der Waals surface area (Å²) < 4.78 is 0. The fourth-order valence-corrected chi connectivity index (χ4v) is 8.81. The van der Waals surface area contributed by atoms with Crippen molar-refractivity contribution in [3.05, 3.63) is 0 Å². The maximum Gasteiger partial charge on any atom is -0.0354 e. The lowest BCUT2D eigenvalue weighted by molar-refractivity contribution is 0.179. The summed E-state index contributed by atoms with van der Waals surface area (Å²) in [5.74, 6) is 5.12. The molecule has 0 aromatic rings. The van der Waals surface area contributed by atoms with E-state index in [1.165, 1.54) is 167 Å². The minimum Gasteiger partial charge on any atom is -0.0625 e. The van der Waals surface area contributed by atoms with Gasteiger partial charge in [0, 0.05) is 0 Å². The smallest absolute Gasteiger partial charge is 0.0354 e. The first kappa shape index (κ1) is 43.0. The highest BCUT2D eigenvalue weighted by Gasteiger charge is 2.26. The molecular formula is C45H90. The Balaban J connectivity index is 0.000000284. The van der Waals surface area contributed by atoms with Crippen LogP contribution in [0.25, 0.3) is 0 Å². The van der Waals surface area contributed by atoms with Crippen LogP contribution in [0.15, 0.2) is 0 Å². The molecule has 5 aliphatic carbocycles. The number of rotatable bonds is 1. The van der Waals surface area contributed by atoms with Crippen LogP contribution in [-0.2, 0) is 0 Å². The van der Waals surface area contributed by atoms with Crippen LogP contribution >= 0.6 is 0 Å². The van der Waals surface area contributed by atoms with Gasteiger partial charge in [-0.2, -0.15) is 0 Å². The molecule has 0 aromatic carbocycles. The second-order valence-electron chi connectivity index (χ2n) is 20.2. The van der Waals surface area contributed by atoms with Gasteiger partial charge in [0.15, 0.2) is 0 Å². The van der Waals surface area contributed by atoms with E-state index in [4.69, 9.17) is 0 Å². The fourth-order valence-electron chi connectivity index (χ4n) is 8.81. The summed E-state index contributed by atoms with van der Waals surface area (Å²) in [4.78, 5) is 0. The second kappa shape index (κ2) is 23.4. The van der Waals surface area contributed by atoms with Crippen molar-refractivity contribution in [3.8, 4) is 0 Å². The van der Waals surface area contributed by atoms with Crippen molar-refractivity contribution >= 4 is 0 Å². The molecule has 5 saturated carbocycles. The van der Waals surface area contributed by atoms with Gasteiger partial charge in [-0.05, 0) is 77.9 Å². The summed E-state index contributed by atoms with van der Waals surface area (Å²) in [6, 6.07) is 0. The normalized spacial score (nSPS) is 23.5. The zero-order valence-corrected chi connectivity index (χ0v) is 33.8. The van der Waals surface area contributed by atoms with Gasteiger partial charge >= 0.3 is 0 Å². The summed E-state index contributed by atoms with van der Waals surface area (Å²) in [7, 11) is 0. The van der Waals surface area contributed by atoms with E-state index in [-0.39, 0.29) is 0 Å². The van der Waals surface area contributed by atoms with Gasteiger partial charge in [-0.1, -0.05) is 211 Å². The van der Waals surface area contributed by atoms with Crippen molar-refractivity contribution in [2.75, 3.05) is 0 Å². The fraction of sp³-hybridized carbons (Fsp3) is 1.00. The summed E-state index contributed by atoms with van der Waals surface area (Å²) >= 11 is 0. The molecule has 0 spiro atoms. The van der Waals surface area contributed by atoms with Crippen molar-refractivity contribution in [2.24, 2.45) is 45.8 Å². The molecular weight excluding hydrogens is 540 g/mol. The average molecular weight is 631 g/mol. The summed E-state index contributed by atoms with van der Waals surface area (Å²) in [5, 5.41) is 0. The molecule has 0 nitrogen and oxygen atoms in total. The van der Waals surface area contributed by atoms with Crippen LogP contribution in [-0.4, -0.2) is 0 Å². The molecule has 0 bridgehead atoms. The van der Waals surface area contributed by atoms with Gasteiger partial charge in [-0.3, -0.25) is 0 Å². The highest BCUT2D eigenvalue weighted by atomic mass is 14.3. The van der Waals surface area contributed by atoms with Crippen molar-refractivity contribution in [3.63, 3.8) is 0 Å². The third-order valence-corrected chi connectivity index (χ3v) is 12.1. The maximum absolute atomic E-state index is 2.38. The minimum absolute atomic E-state index is 0.558. The minimum atomic E-state index is 0.558. The van der Waals surface area contributed by atoms with Gasteiger partial charge < -0.3 is 0 Å². The topological polar surface area (TPSA) is 0 Å². The molecule has 0 aromatic heterocycles. The summed E-state index contributed by atoms with van der Waals surface area (Å²) in [5.41, 5.74) is 1.70. The quantitative estimate of drug-likeness (QED) is 0.270. The first-order valence-electron chi connectivity index (χ1n) is 21.1. The number of hydrogen-bond donors (Lipinski definition) is 0. The lowest BCUT2D eigenvalue weighted by Gasteiger charge is -2.33. The Morgan fingerprint density at radius 2 is 0.578 bits per heavy atom. The Hall–Kier alpha value is 0. The molecule has 5 fully saturated rings. The second-order valence-corrected chi connectivity index (χ2v) is 20.2. The van der Waals surface area contributed by atoms with Gasteiger partial charge in [0.2, 0.25) is 0 Å². The van der Waals surface area contributed by atoms with Gasteiger partial charge in [0.05, 0.1) is 0 Å². The molecule has 0 heteroatoms. The van der Waals surface area contributed by atoms with E-state index < -0.39 is 0 Å². The van der Waals surface area contributed by atoms with Crippen LogP contribution in [0.3, 0.4) is 0 Å². The predicted octanol–water partition coefficient (Wildman–Crippen LogP) is 16.4. The van der Waals surface area contributed by atoms with Gasteiger partial charge in [0.1, 0.15) is 0 Å². The van der Waals surface area contributed by atoms with Crippen LogP contribution in [0.2, 0.25) is 0 Å². The molecule has 0 heterocycles. The standard InChI is InChI=1S/C11H22.2C10H20.2C7H14/c1-11(2,3)9-10-7-5-4-6-8-10;2*1-10(2,3)9-7-5-4-6-8-9;2*1-7-5-3-2-4-6-7/h10H,4-9H2,1-3H3;2*9H,4-8H2,1-3H3;2*7H,2-6H2,1H3. The van der Waals surface area contributed by atoms with Crippen LogP contribution in [0.5, 0.6) is 0 Å². The van der Waals surface area contributed by atoms with Gasteiger partial charge in [-0.15, -0.1) is 0 Å². The first-order valence-corrected chi connectivity index (χ1v) is 21.1. The molecule has 0 atom stereocenters. The Labute approximate surface area is 288 Å². The van der Waals surface area contributed by atoms with Crippen LogP contribution in [0.1, 0.15) is 243 Å². The van der Waals surface area contributed by atoms with E-state index in [1.54, 1.807) is 0 Å². The van der Waals surface area contributed by atoms with E-state index in [2.05, 4.69) is 76.2 Å². The molecule has 0 saturated heterocycles. The Morgan fingerprint density at radius 3 is 0.756 bits per heavy atom. The van der Waals surface area contributed by atoms with Gasteiger partial charge in [-0.25, -0.2) is 0 Å². The molecule has 0 radical (unpaired) electrons. The maximum atomic E-state index is 2.38. The molecule has 5 rings (SSSR count). The molecule has 0 N–H and O–H groups in total. The van der Waals surface area contributed by atoms with Crippen molar-refractivity contribution in [1.82, 2.24) is 0 Å². The van der Waals surface area contributed by atoms with Crippen molar-refractivity contribution in [2.45, 2.75) is 243 Å². The summed E-state index contributed by atoms with van der Waals surface area (Å²) in [6.07, 6.45) is 38.5. The molecule has 270 valence electrons. The molecule has 5 aliphatic rings. The molecule has 0 amide bonds. The van der Waals surface area contributed by atoms with Crippen molar-refractivity contribution in [1.29, 1.82) is 0 Å². The monoisotopic (exact) mass is 631 g/mol. The Bertz CT molecular complexity index is 592. The zero-order valence-electron chi connectivity index (χ0n) is 33.8. The first-order chi connectivity index (χ1) is 21.1. The lowest BCUT2D eigenvalue weighted by Crippen LogP contribution is -2.22. The molecule has 0 unspecified atom stereocenters. The van der Waals surface area contributed by atoms with E-state index in [1.807, 2.05) is 0 Å². The highest BCUT2D eigenvalue weighted by Crippen LogP contribution is 2.38. The van der Waals surface area contributed by atoms with E-state index in [9.17, 15) is 0 Å². The lowest BCUT2D eigenvalue weighted by atomic mass is 9.72. The zero-order chi connectivity index (χ0) is 33.8. The van der Waals surface area contributed by atoms with E-state index in [0.29, 0.717) is 16.2 Å². The molecule has 45 heavy (non-hydrogen) atoms. The van der Waals surface area contributed by atoms with Crippen LogP contribution < -0.4 is 0 Å². The third kappa shape index (κ3) is 23.9. The largest absolute Gasteiger partial charge is 0.0625 e. The summed E-state index contributed by atoms with van der Waals surface area (Å²) in [6.45, 7) is 26.1. The predicted molar refractivity (Wildman–Crippen MR) is 207 cm³/mol. The van der Waals surface area contributed by atoms with Crippen LogP contribution in [0, 0.1) is 45.8 Å². The third-order valence-electron chi connectivity index (χ3n) is 12.1. The highest BCUT2D eigenvalue weighted by molar-refractivity contribution is 4.78.